The molecule has 0 aromatic heterocycles. The van der Waals surface area contributed by atoms with Crippen LogP contribution in [0.25, 0.3) is 0 Å². The molecule has 0 radical (unpaired) electrons. The molecule has 1 saturated heterocycles. The van der Waals surface area contributed by atoms with Gasteiger partial charge in [0.25, 0.3) is 0 Å². The van der Waals surface area contributed by atoms with E-state index < -0.39 is 6.10 Å². The first-order valence-electron chi connectivity index (χ1n) is 10.3. The molecular weight excluding hydrogens is 388 g/mol. The molecule has 1 fully saturated rings. The molecule has 0 amide bonds. The topological polar surface area (TPSA) is 65.0 Å². The average Bonchev–Trinajstić information content (AvgIpc) is 2.73. The van der Waals surface area contributed by atoms with Gasteiger partial charge in [-0.25, -0.2) is 0 Å². The van der Waals surface area contributed by atoms with Crippen molar-refractivity contribution in [3.05, 3.63) is 64.7 Å². The van der Waals surface area contributed by atoms with Crippen LogP contribution in [0.5, 0.6) is 5.75 Å². The van der Waals surface area contributed by atoms with Gasteiger partial charge in [-0.15, -0.1) is 0 Å². The lowest BCUT2D eigenvalue weighted by Gasteiger charge is -2.30. The van der Waals surface area contributed by atoms with Gasteiger partial charge in [0, 0.05) is 31.2 Å². The number of ether oxygens (including phenoxy) is 1. The molecule has 0 bridgehead atoms. The van der Waals surface area contributed by atoms with E-state index in [-0.39, 0.29) is 12.7 Å². The largest absolute Gasteiger partial charge is 0.491 e. The molecule has 2 aromatic rings. The Morgan fingerprint density at radius 1 is 1.14 bits per heavy atom. The number of benzene rings is 2. The standard InChI is InChI=1S/C23H31ClN2O3/c24-23-7-2-1-5-19(23)8-11-25-15-18-4-3-6-22(14-18)29-17-21(28)16-26-12-9-20(27)10-13-26/h1-7,14,20-21,25,27-28H,8-13,15-17H2. The van der Waals surface area contributed by atoms with E-state index in [0.717, 1.165) is 67.3 Å². The number of nitrogens with zero attached hydrogens (tertiary/aromatic N) is 1. The summed E-state index contributed by atoms with van der Waals surface area (Å²) in [5.41, 5.74) is 2.29. The molecule has 1 heterocycles. The molecule has 1 aliphatic rings. The molecular formula is C23H31ClN2O3. The molecule has 0 saturated carbocycles. The Kier molecular flexibility index (Phi) is 8.77. The minimum Gasteiger partial charge on any atom is -0.491 e. The molecule has 2 aromatic carbocycles. The minimum absolute atomic E-state index is 0.194. The van der Waals surface area contributed by atoms with Gasteiger partial charge in [0.05, 0.1) is 6.10 Å². The fourth-order valence-electron chi connectivity index (χ4n) is 3.55. The third-order valence-electron chi connectivity index (χ3n) is 5.22. The fraction of sp³-hybridized carbons (Fsp3) is 0.478. The summed E-state index contributed by atoms with van der Waals surface area (Å²) in [4.78, 5) is 2.18. The molecule has 3 N–H and O–H groups in total. The van der Waals surface area contributed by atoms with E-state index in [9.17, 15) is 10.2 Å². The Labute approximate surface area is 178 Å². The van der Waals surface area contributed by atoms with Gasteiger partial charge >= 0.3 is 0 Å². The second kappa shape index (κ2) is 11.5. The summed E-state index contributed by atoms with van der Waals surface area (Å²) in [5, 5.41) is 24.1. The van der Waals surface area contributed by atoms with Gasteiger partial charge in [-0.3, -0.25) is 0 Å². The van der Waals surface area contributed by atoms with Crippen molar-refractivity contribution in [3.8, 4) is 5.75 Å². The molecule has 1 aliphatic heterocycles. The molecule has 5 nitrogen and oxygen atoms in total. The molecule has 6 heteroatoms. The maximum atomic E-state index is 10.2. The molecule has 0 spiro atoms. The van der Waals surface area contributed by atoms with E-state index in [1.54, 1.807) is 0 Å². The number of hydrogen-bond donors (Lipinski definition) is 3. The van der Waals surface area contributed by atoms with Crippen molar-refractivity contribution >= 4 is 11.6 Å². The highest BCUT2D eigenvalue weighted by atomic mass is 35.5. The Morgan fingerprint density at radius 3 is 2.72 bits per heavy atom. The summed E-state index contributed by atoms with van der Waals surface area (Å²) in [6.07, 6.45) is 1.71. The van der Waals surface area contributed by atoms with Crippen LogP contribution in [0.1, 0.15) is 24.0 Å². The fourth-order valence-corrected chi connectivity index (χ4v) is 3.78. The van der Waals surface area contributed by atoms with Gasteiger partial charge in [0.1, 0.15) is 18.5 Å². The lowest BCUT2D eigenvalue weighted by Crippen LogP contribution is -2.41. The van der Waals surface area contributed by atoms with Gasteiger partial charge in [0.2, 0.25) is 0 Å². The third kappa shape index (κ3) is 7.61. The van der Waals surface area contributed by atoms with Crippen molar-refractivity contribution in [1.29, 1.82) is 0 Å². The highest BCUT2D eigenvalue weighted by molar-refractivity contribution is 6.31. The molecule has 158 valence electrons. The van der Waals surface area contributed by atoms with Crippen LogP contribution in [0.2, 0.25) is 5.02 Å². The number of aliphatic hydroxyl groups is 2. The summed E-state index contributed by atoms with van der Waals surface area (Å²) in [6.45, 7) is 4.10. The number of aliphatic hydroxyl groups excluding tert-OH is 2. The zero-order valence-corrected chi connectivity index (χ0v) is 17.5. The first-order chi connectivity index (χ1) is 14.1. The van der Waals surface area contributed by atoms with E-state index in [1.807, 2.05) is 36.4 Å². The predicted octanol–water partition coefficient (Wildman–Crippen LogP) is 2.87. The van der Waals surface area contributed by atoms with Crippen LogP contribution < -0.4 is 10.1 Å². The summed E-state index contributed by atoms with van der Waals surface area (Å²) in [6, 6.07) is 15.9. The molecule has 1 atom stereocenters. The van der Waals surface area contributed by atoms with Crippen molar-refractivity contribution < 1.29 is 14.9 Å². The number of rotatable bonds is 10. The smallest absolute Gasteiger partial charge is 0.119 e. The number of halogens is 1. The van der Waals surface area contributed by atoms with Crippen molar-refractivity contribution in [2.45, 2.75) is 38.0 Å². The maximum absolute atomic E-state index is 10.2. The number of nitrogens with one attached hydrogen (secondary N) is 1. The van der Waals surface area contributed by atoms with Gasteiger partial charge in [-0.1, -0.05) is 41.9 Å². The van der Waals surface area contributed by atoms with Crippen LogP contribution in [0.3, 0.4) is 0 Å². The number of β-amino-alcohol motifs (C(OH)–C–C–N with tert-alkyl or cyclic N) is 1. The van der Waals surface area contributed by atoms with Crippen LogP contribution in [-0.2, 0) is 13.0 Å². The van der Waals surface area contributed by atoms with Crippen LogP contribution in [-0.4, -0.2) is 60.1 Å². The minimum atomic E-state index is -0.539. The first-order valence-corrected chi connectivity index (χ1v) is 10.7. The summed E-state index contributed by atoms with van der Waals surface area (Å²) in [5.74, 6) is 0.767. The van der Waals surface area contributed by atoms with Crippen molar-refractivity contribution in [1.82, 2.24) is 10.2 Å². The summed E-state index contributed by atoms with van der Waals surface area (Å²) in [7, 11) is 0. The summed E-state index contributed by atoms with van der Waals surface area (Å²) >= 11 is 6.19. The van der Waals surface area contributed by atoms with Gasteiger partial charge in [-0.2, -0.15) is 0 Å². The SMILES string of the molecule is OC1CCN(CC(O)COc2cccc(CNCCc3ccccc3Cl)c2)CC1. The second-order valence-electron chi connectivity index (χ2n) is 7.66. The quantitative estimate of drug-likeness (QED) is 0.518. The third-order valence-corrected chi connectivity index (χ3v) is 5.59. The second-order valence-corrected chi connectivity index (χ2v) is 8.07. The van der Waals surface area contributed by atoms with Crippen LogP contribution in [0.15, 0.2) is 48.5 Å². The van der Waals surface area contributed by atoms with Crippen molar-refractivity contribution in [2.24, 2.45) is 0 Å². The van der Waals surface area contributed by atoms with E-state index >= 15 is 0 Å². The van der Waals surface area contributed by atoms with Gasteiger partial charge < -0.3 is 25.2 Å². The van der Waals surface area contributed by atoms with E-state index in [2.05, 4.69) is 22.3 Å². The predicted molar refractivity (Wildman–Crippen MR) is 116 cm³/mol. The monoisotopic (exact) mass is 418 g/mol. The number of likely N-dealkylation sites (tertiary alicyclic amines) is 1. The molecule has 29 heavy (non-hydrogen) atoms. The maximum Gasteiger partial charge on any atom is 0.119 e. The van der Waals surface area contributed by atoms with Crippen molar-refractivity contribution in [2.75, 3.05) is 32.8 Å². The Balaban J connectivity index is 1.37. The lowest BCUT2D eigenvalue weighted by atomic mass is 10.1. The Bertz CT molecular complexity index is 750. The highest BCUT2D eigenvalue weighted by Gasteiger charge is 2.19. The zero-order chi connectivity index (χ0) is 20.5. The van der Waals surface area contributed by atoms with E-state index in [0.29, 0.717) is 6.54 Å². The molecule has 1 unspecified atom stereocenters. The van der Waals surface area contributed by atoms with E-state index in [1.165, 1.54) is 0 Å². The highest BCUT2D eigenvalue weighted by Crippen LogP contribution is 2.16. The van der Waals surface area contributed by atoms with Crippen molar-refractivity contribution in [3.63, 3.8) is 0 Å². The number of piperidine rings is 1. The first kappa shape index (κ1) is 22.1. The Hall–Kier alpha value is -1.63. The molecule has 0 aliphatic carbocycles. The van der Waals surface area contributed by atoms with Crippen LogP contribution in [0, 0.1) is 0 Å². The normalized spacial score (nSPS) is 16.7. The Morgan fingerprint density at radius 2 is 1.93 bits per heavy atom. The van der Waals surface area contributed by atoms with E-state index in [4.69, 9.17) is 16.3 Å². The van der Waals surface area contributed by atoms with Crippen LogP contribution >= 0.6 is 11.6 Å². The summed E-state index contributed by atoms with van der Waals surface area (Å²) < 4.78 is 5.79. The lowest BCUT2D eigenvalue weighted by molar-refractivity contribution is 0.0337. The average molecular weight is 419 g/mol. The van der Waals surface area contributed by atoms with Gasteiger partial charge in [0.15, 0.2) is 0 Å². The zero-order valence-electron chi connectivity index (χ0n) is 16.8. The molecule has 3 rings (SSSR count). The number of hydrogen-bond acceptors (Lipinski definition) is 5. The van der Waals surface area contributed by atoms with Crippen LogP contribution in [0.4, 0.5) is 0 Å². The van der Waals surface area contributed by atoms with Gasteiger partial charge in [-0.05, 0) is 55.1 Å².